The first-order valence-electron chi connectivity index (χ1n) is 7.47. The molecule has 3 N–H and O–H groups in total. The number of rotatable bonds is 2. The standard InChI is InChI=1S/C18H15BrN2O2/c19-11-5-3-4-10(8-11)16-17-13(9-15(21-16)18(22)23)12-6-1-2-7-14(12)20-17/h1-8,15-16,20-21H,9H2,(H,22,23)/t15-,16-/m0/s1. The molecule has 2 atom stereocenters. The van der Waals surface area contributed by atoms with Gasteiger partial charge >= 0.3 is 5.97 Å². The van der Waals surface area contributed by atoms with Crippen molar-refractivity contribution in [1.82, 2.24) is 10.3 Å². The molecule has 0 aliphatic carbocycles. The van der Waals surface area contributed by atoms with Gasteiger partial charge in [0.2, 0.25) is 0 Å². The van der Waals surface area contributed by atoms with Crippen molar-refractivity contribution in [3.8, 4) is 0 Å². The van der Waals surface area contributed by atoms with Crippen LogP contribution in [0.5, 0.6) is 0 Å². The zero-order valence-electron chi connectivity index (χ0n) is 12.2. The Morgan fingerprint density at radius 1 is 1.17 bits per heavy atom. The molecule has 1 aromatic heterocycles. The molecule has 0 saturated heterocycles. The first-order chi connectivity index (χ1) is 11.1. The number of aromatic amines is 1. The number of para-hydroxylation sites is 1. The highest BCUT2D eigenvalue weighted by atomic mass is 79.9. The van der Waals surface area contributed by atoms with Crippen LogP contribution in [0.15, 0.2) is 53.0 Å². The number of aromatic nitrogens is 1. The summed E-state index contributed by atoms with van der Waals surface area (Å²) < 4.78 is 0.979. The molecule has 5 heteroatoms. The van der Waals surface area contributed by atoms with E-state index < -0.39 is 12.0 Å². The van der Waals surface area contributed by atoms with E-state index >= 15 is 0 Å². The highest BCUT2D eigenvalue weighted by Gasteiger charge is 2.33. The fourth-order valence-corrected chi connectivity index (χ4v) is 3.76. The van der Waals surface area contributed by atoms with E-state index in [9.17, 15) is 9.90 Å². The normalized spacial score (nSPS) is 20.4. The number of hydrogen-bond donors (Lipinski definition) is 3. The molecule has 0 fully saturated rings. The van der Waals surface area contributed by atoms with E-state index in [4.69, 9.17) is 0 Å². The number of fused-ring (bicyclic) bond motifs is 3. The lowest BCUT2D eigenvalue weighted by Gasteiger charge is -2.29. The van der Waals surface area contributed by atoms with Gasteiger partial charge in [-0.1, -0.05) is 46.3 Å². The molecule has 0 saturated carbocycles. The minimum atomic E-state index is -0.819. The lowest BCUT2D eigenvalue weighted by atomic mass is 9.90. The average Bonchev–Trinajstić information content (AvgIpc) is 2.92. The van der Waals surface area contributed by atoms with Crippen LogP contribution in [0.3, 0.4) is 0 Å². The second-order valence-electron chi connectivity index (χ2n) is 5.81. The second-order valence-corrected chi connectivity index (χ2v) is 6.73. The Bertz CT molecular complexity index is 903. The van der Waals surface area contributed by atoms with Crippen LogP contribution in [0.25, 0.3) is 10.9 Å². The van der Waals surface area contributed by atoms with Gasteiger partial charge in [0.1, 0.15) is 6.04 Å². The van der Waals surface area contributed by atoms with Gasteiger partial charge in [-0.25, -0.2) is 0 Å². The van der Waals surface area contributed by atoms with E-state index in [2.05, 4.69) is 26.2 Å². The van der Waals surface area contributed by atoms with Crippen LogP contribution in [0.1, 0.15) is 22.9 Å². The van der Waals surface area contributed by atoms with Gasteiger partial charge in [-0.05, 0) is 29.3 Å². The molecular weight excluding hydrogens is 356 g/mol. The fourth-order valence-electron chi connectivity index (χ4n) is 3.34. The van der Waals surface area contributed by atoms with Crippen LogP contribution in [-0.2, 0) is 11.2 Å². The topological polar surface area (TPSA) is 65.1 Å². The van der Waals surface area contributed by atoms with E-state index in [1.54, 1.807) is 0 Å². The van der Waals surface area contributed by atoms with Crippen molar-refractivity contribution < 1.29 is 9.90 Å². The highest BCUT2D eigenvalue weighted by molar-refractivity contribution is 9.10. The number of halogens is 1. The lowest BCUT2D eigenvalue weighted by Crippen LogP contribution is -2.44. The maximum Gasteiger partial charge on any atom is 0.321 e. The predicted octanol–water partition coefficient (Wildman–Crippen LogP) is 3.62. The zero-order chi connectivity index (χ0) is 16.0. The van der Waals surface area contributed by atoms with Crippen LogP contribution in [0.2, 0.25) is 0 Å². The summed E-state index contributed by atoms with van der Waals surface area (Å²) in [6.07, 6.45) is 0.485. The molecule has 4 rings (SSSR count). The summed E-state index contributed by atoms with van der Waals surface area (Å²) in [4.78, 5) is 15.1. The number of aliphatic carboxylic acids is 1. The van der Waals surface area contributed by atoms with E-state index in [1.807, 2.05) is 48.5 Å². The smallest absolute Gasteiger partial charge is 0.321 e. The van der Waals surface area contributed by atoms with Crippen molar-refractivity contribution in [3.63, 3.8) is 0 Å². The van der Waals surface area contributed by atoms with Crippen molar-refractivity contribution >= 4 is 32.8 Å². The third kappa shape index (κ3) is 2.46. The van der Waals surface area contributed by atoms with E-state index in [-0.39, 0.29) is 6.04 Å². The quantitative estimate of drug-likeness (QED) is 0.645. The number of carboxylic acids is 1. The van der Waals surface area contributed by atoms with Gasteiger partial charge in [-0.3, -0.25) is 10.1 Å². The first kappa shape index (κ1) is 14.5. The maximum atomic E-state index is 11.6. The molecule has 4 nitrogen and oxygen atoms in total. The Kier molecular flexibility index (Phi) is 3.47. The van der Waals surface area contributed by atoms with Gasteiger partial charge in [0.05, 0.1) is 6.04 Å². The zero-order valence-corrected chi connectivity index (χ0v) is 13.8. The molecule has 0 radical (unpaired) electrons. The minimum Gasteiger partial charge on any atom is -0.480 e. The summed E-state index contributed by atoms with van der Waals surface area (Å²) in [6.45, 7) is 0. The molecule has 1 aliphatic rings. The maximum absolute atomic E-state index is 11.6. The summed E-state index contributed by atoms with van der Waals surface area (Å²) in [6, 6.07) is 15.3. The number of carboxylic acid groups (broad SMARTS) is 1. The lowest BCUT2D eigenvalue weighted by molar-refractivity contribution is -0.139. The van der Waals surface area contributed by atoms with E-state index in [0.29, 0.717) is 6.42 Å². The molecule has 2 aromatic carbocycles. The van der Waals surface area contributed by atoms with Crippen molar-refractivity contribution in [2.24, 2.45) is 0 Å². The molecule has 3 aromatic rings. The van der Waals surface area contributed by atoms with Crippen LogP contribution in [0.4, 0.5) is 0 Å². The summed E-state index contributed by atoms with van der Waals surface area (Å²) in [7, 11) is 0. The van der Waals surface area contributed by atoms with Crippen LogP contribution in [-0.4, -0.2) is 22.1 Å². The van der Waals surface area contributed by atoms with Gasteiger partial charge in [0.15, 0.2) is 0 Å². The Hall–Kier alpha value is -2.11. The molecule has 0 bridgehead atoms. The van der Waals surface area contributed by atoms with Crippen LogP contribution >= 0.6 is 15.9 Å². The molecule has 0 amide bonds. The number of nitrogens with one attached hydrogen (secondary N) is 2. The van der Waals surface area contributed by atoms with Gasteiger partial charge in [-0.2, -0.15) is 0 Å². The molecule has 0 unspecified atom stereocenters. The Balaban J connectivity index is 1.91. The van der Waals surface area contributed by atoms with Crippen molar-refractivity contribution in [1.29, 1.82) is 0 Å². The van der Waals surface area contributed by atoms with E-state index in [1.165, 1.54) is 0 Å². The summed E-state index contributed by atoms with van der Waals surface area (Å²) in [5.41, 5.74) is 4.24. The number of H-pyrrole nitrogens is 1. The predicted molar refractivity (Wildman–Crippen MR) is 92.5 cm³/mol. The number of hydrogen-bond acceptors (Lipinski definition) is 2. The van der Waals surface area contributed by atoms with Gasteiger partial charge < -0.3 is 10.1 Å². The van der Waals surface area contributed by atoms with Crippen molar-refractivity contribution in [2.75, 3.05) is 0 Å². The van der Waals surface area contributed by atoms with Gasteiger partial charge in [0, 0.05) is 27.5 Å². The molecule has 0 spiro atoms. The Morgan fingerprint density at radius 2 is 2.00 bits per heavy atom. The average molecular weight is 371 g/mol. The highest BCUT2D eigenvalue weighted by Crippen LogP contribution is 2.35. The second kappa shape index (κ2) is 5.51. The molecule has 23 heavy (non-hydrogen) atoms. The molecule has 116 valence electrons. The largest absolute Gasteiger partial charge is 0.480 e. The first-order valence-corrected chi connectivity index (χ1v) is 8.26. The SMILES string of the molecule is O=C(O)[C@@H]1Cc2c([nH]c3ccccc23)[C@H](c2cccc(Br)c2)N1. The summed E-state index contributed by atoms with van der Waals surface area (Å²) in [5, 5.41) is 13.9. The third-order valence-electron chi connectivity index (χ3n) is 4.39. The summed E-state index contributed by atoms with van der Waals surface area (Å²) >= 11 is 3.49. The number of benzene rings is 2. The third-order valence-corrected chi connectivity index (χ3v) is 4.88. The summed E-state index contributed by atoms with van der Waals surface area (Å²) in [5.74, 6) is -0.819. The number of carbonyl (C=O) groups is 1. The molecular formula is C18H15BrN2O2. The van der Waals surface area contributed by atoms with E-state index in [0.717, 1.165) is 32.2 Å². The monoisotopic (exact) mass is 370 g/mol. The van der Waals surface area contributed by atoms with Gasteiger partial charge in [0.25, 0.3) is 0 Å². The Morgan fingerprint density at radius 3 is 2.78 bits per heavy atom. The van der Waals surface area contributed by atoms with Gasteiger partial charge in [-0.15, -0.1) is 0 Å². The van der Waals surface area contributed by atoms with Crippen molar-refractivity contribution in [3.05, 3.63) is 69.8 Å². The van der Waals surface area contributed by atoms with Crippen molar-refractivity contribution in [2.45, 2.75) is 18.5 Å². The minimum absolute atomic E-state index is 0.162. The van der Waals surface area contributed by atoms with Crippen LogP contribution in [0, 0.1) is 0 Å². The fraction of sp³-hybridized carbons (Fsp3) is 0.167. The van der Waals surface area contributed by atoms with Crippen LogP contribution < -0.4 is 5.32 Å². The molecule has 1 aliphatic heterocycles. The molecule has 2 heterocycles. The Labute approximate surface area is 141 Å².